The van der Waals surface area contributed by atoms with Gasteiger partial charge in [-0.1, -0.05) is 0 Å². The van der Waals surface area contributed by atoms with Crippen LogP contribution < -0.4 is 4.74 Å². The Morgan fingerprint density at radius 1 is 1.45 bits per heavy atom. The zero-order valence-corrected chi connectivity index (χ0v) is 11.7. The van der Waals surface area contributed by atoms with Crippen molar-refractivity contribution in [1.29, 1.82) is 0 Å². The lowest BCUT2D eigenvalue weighted by molar-refractivity contribution is 0.0600. The van der Waals surface area contributed by atoms with Crippen molar-refractivity contribution in [2.24, 2.45) is 0 Å². The maximum absolute atomic E-state index is 11.7. The van der Waals surface area contributed by atoms with E-state index in [9.17, 15) is 4.79 Å². The van der Waals surface area contributed by atoms with E-state index in [4.69, 9.17) is 9.47 Å². The number of nitrogens with zero attached hydrogens (tertiary/aromatic N) is 2. The molecule has 1 aromatic carbocycles. The molecule has 0 bridgehead atoms. The molecule has 0 radical (unpaired) electrons. The summed E-state index contributed by atoms with van der Waals surface area (Å²) in [6, 6.07) is 5.31. The molecular weight excluding hydrogens is 256 g/mol. The van der Waals surface area contributed by atoms with Crippen molar-refractivity contribution in [2.75, 3.05) is 7.11 Å². The van der Waals surface area contributed by atoms with Crippen molar-refractivity contribution in [3.8, 4) is 17.0 Å². The Morgan fingerprint density at radius 3 is 3.00 bits per heavy atom. The van der Waals surface area contributed by atoms with Crippen LogP contribution in [0.3, 0.4) is 0 Å². The molecular formula is C15H16N2O3. The van der Waals surface area contributed by atoms with Gasteiger partial charge in [-0.15, -0.1) is 0 Å². The Kier molecular flexibility index (Phi) is 2.78. The van der Waals surface area contributed by atoms with Gasteiger partial charge in [0.2, 0.25) is 0 Å². The molecule has 0 aliphatic carbocycles. The molecule has 1 aromatic heterocycles. The molecule has 0 amide bonds. The molecule has 5 heteroatoms. The summed E-state index contributed by atoms with van der Waals surface area (Å²) in [5.74, 6) is 0.393. The van der Waals surface area contributed by atoms with Gasteiger partial charge in [-0.05, 0) is 32.0 Å². The molecule has 2 aromatic rings. The Hall–Kier alpha value is -2.30. The molecule has 1 aliphatic heterocycles. The standard InChI is InChI=1S/C15H16N2O3/c1-15(2)8-17-9-16-7-12(17)11-6-10(14(18)19-3)4-5-13(11)20-15/h4-7,9H,8H2,1-3H3. The molecule has 0 fully saturated rings. The van der Waals surface area contributed by atoms with E-state index in [2.05, 4.69) is 4.98 Å². The fraction of sp³-hybridized carbons (Fsp3) is 0.333. The number of hydrogen-bond donors (Lipinski definition) is 0. The molecule has 0 spiro atoms. The van der Waals surface area contributed by atoms with E-state index < -0.39 is 0 Å². The molecule has 2 heterocycles. The van der Waals surface area contributed by atoms with Gasteiger partial charge >= 0.3 is 5.97 Å². The lowest BCUT2D eigenvalue weighted by Gasteiger charge is -2.25. The molecule has 0 saturated carbocycles. The fourth-order valence-corrected chi connectivity index (χ4v) is 2.48. The number of rotatable bonds is 1. The van der Waals surface area contributed by atoms with E-state index in [0.29, 0.717) is 12.1 Å². The Morgan fingerprint density at radius 2 is 2.25 bits per heavy atom. The highest BCUT2D eigenvalue weighted by molar-refractivity contribution is 5.91. The zero-order valence-electron chi connectivity index (χ0n) is 11.7. The first-order valence-corrected chi connectivity index (χ1v) is 6.42. The van der Waals surface area contributed by atoms with Crippen LogP contribution in [0.1, 0.15) is 24.2 Å². The fourth-order valence-electron chi connectivity index (χ4n) is 2.48. The third-order valence-electron chi connectivity index (χ3n) is 3.33. The first kappa shape index (κ1) is 12.7. The maximum atomic E-state index is 11.7. The minimum Gasteiger partial charge on any atom is -0.485 e. The van der Waals surface area contributed by atoms with Crippen molar-refractivity contribution in [2.45, 2.75) is 26.0 Å². The third-order valence-corrected chi connectivity index (χ3v) is 3.33. The summed E-state index contributed by atoms with van der Waals surface area (Å²) < 4.78 is 12.9. The number of carbonyl (C=O) groups excluding carboxylic acids is 1. The lowest BCUT2D eigenvalue weighted by Crippen LogP contribution is -2.32. The van der Waals surface area contributed by atoms with Gasteiger partial charge in [-0.25, -0.2) is 9.78 Å². The number of imidazole rings is 1. The SMILES string of the molecule is COC(=O)c1ccc2c(c1)-c1cncn1CC(C)(C)O2. The number of ether oxygens (including phenoxy) is 2. The maximum Gasteiger partial charge on any atom is 0.337 e. The average molecular weight is 272 g/mol. The zero-order chi connectivity index (χ0) is 14.3. The van der Waals surface area contributed by atoms with Gasteiger partial charge < -0.3 is 14.0 Å². The largest absolute Gasteiger partial charge is 0.485 e. The van der Waals surface area contributed by atoms with Crippen LogP contribution in [0, 0.1) is 0 Å². The van der Waals surface area contributed by atoms with Crippen LogP contribution in [0.2, 0.25) is 0 Å². The first-order valence-electron chi connectivity index (χ1n) is 6.42. The summed E-state index contributed by atoms with van der Waals surface area (Å²) in [5.41, 5.74) is 1.96. The van der Waals surface area contributed by atoms with Crippen LogP contribution in [0.25, 0.3) is 11.3 Å². The molecule has 3 rings (SSSR count). The molecule has 104 valence electrons. The second-order valence-corrected chi connectivity index (χ2v) is 5.47. The number of benzene rings is 1. The normalized spacial score (nSPS) is 15.6. The van der Waals surface area contributed by atoms with E-state index in [1.165, 1.54) is 7.11 Å². The quantitative estimate of drug-likeness (QED) is 0.748. The van der Waals surface area contributed by atoms with Crippen molar-refractivity contribution >= 4 is 5.97 Å². The summed E-state index contributed by atoms with van der Waals surface area (Å²) in [6.45, 7) is 4.75. The Labute approximate surface area is 117 Å². The van der Waals surface area contributed by atoms with E-state index in [1.807, 2.05) is 24.5 Å². The molecule has 0 unspecified atom stereocenters. The van der Waals surface area contributed by atoms with Gasteiger partial charge in [0.1, 0.15) is 11.4 Å². The monoisotopic (exact) mass is 272 g/mol. The minimum absolute atomic E-state index is 0.340. The van der Waals surface area contributed by atoms with Crippen molar-refractivity contribution in [3.63, 3.8) is 0 Å². The van der Waals surface area contributed by atoms with Gasteiger partial charge in [0, 0.05) is 5.56 Å². The summed E-state index contributed by atoms with van der Waals surface area (Å²) in [5, 5.41) is 0. The number of fused-ring (bicyclic) bond motifs is 3. The molecule has 1 aliphatic rings. The van der Waals surface area contributed by atoms with E-state index in [0.717, 1.165) is 17.0 Å². The molecule has 5 nitrogen and oxygen atoms in total. The topological polar surface area (TPSA) is 53.3 Å². The second kappa shape index (κ2) is 4.37. The van der Waals surface area contributed by atoms with Gasteiger partial charge in [-0.3, -0.25) is 0 Å². The highest BCUT2D eigenvalue weighted by Gasteiger charge is 2.28. The van der Waals surface area contributed by atoms with Gasteiger partial charge in [-0.2, -0.15) is 0 Å². The van der Waals surface area contributed by atoms with Crippen LogP contribution in [-0.2, 0) is 11.3 Å². The van der Waals surface area contributed by atoms with Crippen molar-refractivity contribution in [1.82, 2.24) is 9.55 Å². The van der Waals surface area contributed by atoms with Crippen LogP contribution in [0.15, 0.2) is 30.7 Å². The van der Waals surface area contributed by atoms with E-state index >= 15 is 0 Å². The number of hydrogen-bond acceptors (Lipinski definition) is 4. The highest BCUT2D eigenvalue weighted by Crippen LogP contribution is 2.37. The highest BCUT2D eigenvalue weighted by atomic mass is 16.5. The van der Waals surface area contributed by atoms with E-state index in [1.54, 1.807) is 24.7 Å². The number of methoxy groups -OCH3 is 1. The summed E-state index contributed by atoms with van der Waals surface area (Å²) in [6.07, 6.45) is 3.56. The molecule has 0 atom stereocenters. The van der Waals surface area contributed by atoms with Crippen molar-refractivity contribution in [3.05, 3.63) is 36.3 Å². The van der Waals surface area contributed by atoms with Gasteiger partial charge in [0.05, 0.1) is 37.4 Å². The minimum atomic E-state index is -0.359. The number of aromatic nitrogens is 2. The van der Waals surface area contributed by atoms with E-state index in [-0.39, 0.29) is 11.6 Å². The molecule has 0 N–H and O–H groups in total. The third kappa shape index (κ3) is 2.05. The van der Waals surface area contributed by atoms with Crippen LogP contribution in [0.4, 0.5) is 0 Å². The Balaban J connectivity index is 2.19. The average Bonchev–Trinajstić information content (AvgIpc) is 2.81. The smallest absolute Gasteiger partial charge is 0.337 e. The predicted molar refractivity (Wildman–Crippen MR) is 73.7 cm³/mol. The van der Waals surface area contributed by atoms with Gasteiger partial charge in [0.15, 0.2) is 0 Å². The lowest BCUT2D eigenvalue weighted by atomic mass is 10.1. The molecule has 20 heavy (non-hydrogen) atoms. The summed E-state index contributed by atoms with van der Waals surface area (Å²) in [7, 11) is 1.37. The van der Waals surface area contributed by atoms with Gasteiger partial charge in [0.25, 0.3) is 0 Å². The van der Waals surface area contributed by atoms with Crippen LogP contribution >= 0.6 is 0 Å². The van der Waals surface area contributed by atoms with Crippen LogP contribution in [-0.4, -0.2) is 28.2 Å². The number of esters is 1. The number of carbonyl (C=O) groups is 1. The second-order valence-electron chi connectivity index (χ2n) is 5.47. The summed E-state index contributed by atoms with van der Waals surface area (Å²) in [4.78, 5) is 15.9. The van der Waals surface area contributed by atoms with Crippen molar-refractivity contribution < 1.29 is 14.3 Å². The summed E-state index contributed by atoms with van der Waals surface area (Å²) >= 11 is 0. The van der Waals surface area contributed by atoms with Crippen LogP contribution in [0.5, 0.6) is 5.75 Å². The predicted octanol–water partition coefficient (Wildman–Crippen LogP) is 2.51. The molecule has 0 saturated heterocycles. The first-order chi connectivity index (χ1) is 9.50. The Bertz CT molecular complexity index is 674.